The molecule has 2 atom stereocenters. The number of hydrogen-bond donors (Lipinski definition) is 0. The molecule has 3 rings (SSSR count). The number of hydrogen-bond acceptors (Lipinski definition) is 9. The average Bonchev–Trinajstić information content (AvgIpc) is 2.73. The van der Waals surface area contributed by atoms with Gasteiger partial charge in [-0.3, -0.25) is 4.52 Å². The van der Waals surface area contributed by atoms with Gasteiger partial charge in [-0.05, 0) is 68.7 Å². The Hall–Kier alpha value is 0.380. The van der Waals surface area contributed by atoms with E-state index in [9.17, 15) is 0 Å². The van der Waals surface area contributed by atoms with E-state index in [1.165, 1.54) is 5.56 Å². The van der Waals surface area contributed by atoms with Crippen molar-refractivity contribution >= 4 is 54.1 Å². The Morgan fingerprint density at radius 2 is 1.24 bits per heavy atom. The summed E-state index contributed by atoms with van der Waals surface area (Å²) in [5.41, 5.74) is 1.35. The van der Waals surface area contributed by atoms with Crippen LogP contribution in [-0.2, 0) is 28.7 Å². The van der Waals surface area contributed by atoms with E-state index in [1.54, 1.807) is 0 Å². The second-order valence-electron chi connectivity index (χ2n) is 10.4. The van der Waals surface area contributed by atoms with Crippen molar-refractivity contribution in [3.63, 3.8) is 0 Å². The summed E-state index contributed by atoms with van der Waals surface area (Å²) in [4.78, 5) is 0. The van der Waals surface area contributed by atoms with Crippen molar-refractivity contribution in [2.75, 3.05) is 52.9 Å². The predicted octanol–water partition coefficient (Wildman–Crippen LogP) is 9.44. The average molecular weight is 639 g/mol. The first-order chi connectivity index (χ1) is 17.2. The highest BCUT2D eigenvalue weighted by Crippen LogP contribution is 2.84. The molecule has 0 amide bonds. The molecule has 2 unspecified atom stereocenters. The fourth-order valence-corrected chi connectivity index (χ4v) is 16.6. The number of fused-ring (bicyclic) bond motifs is 1. The highest BCUT2D eigenvalue weighted by atomic mass is 35.9. The molecule has 0 fully saturated rings. The van der Waals surface area contributed by atoms with E-state index in [0.29, 0.717) is 32.2 Å². The molecule has 0 saturated heterocycles. The number of ether oxygens (including phenoxy) is 3. The molecule has 0 saturated carbocycles. The number of nitrogens with zero attached hydrogens (tertiary/aromatic N) is 3. The lowest BCUT2D eigenvalue weighted by Crippen LogP contribution is -2.24. The van der Waals surface area contributed by atoms with Gasteiger partial charge >= 0.3 is 14.4 Å². The van der Waals surface area contributed by atoms with Gasteiger partial charge in [-0.25, -0.2) is 0 Å². The van der Waals surface area contributed by atoms with Crippen LogP contribution < -0.4 is 4.52 Å². The molecule has 1 aromatic carbocycles. The van der Waals surface area contributed by atoms with Gasteiger partial charge < -0.3 is 23.3 Å². The summed E-state index contributed by atoms with van der Waals surface area (Å²) in [5, 5.41) is 0. The standard InChI is InChI=1S/C22H37Cl3N3O6P3/c1-21(2,3)18-22(4,5)19-6-8-20(9-7-19)34-37-27-35(23,24)26-36(25,28-37)32-16-14-30-12-10-29-11-13-31-15-17-33-37/h6-9H,10-18H2,1-5H3. The third-order valence-corrected chi connectivity index (χ3v) is 15.9. The van der Waals surface area contributed by atoms with Crippen LogP contribution in [0, 0.1) is 5.41 Å². The molecule has 0 aliphatic carbocycles. The minimum absolute atomic E-state index is 0.0259. The molecular formula is C22H37Cl3N3O6P3. The van der Waals surface area contributed by atoms with Crippen molar-refractivity contribution in [3.05, 3.63) is 29.8 Å². The molecule has 0 N–H and O–H groups in total. The van der Waals surface area contributed by atoms with E-state index in [1.807, 2.05) is 24.3 Å². The Labute approximate surface area is 235 Å². The third-order valence-electron chi connectivity index (χ3n) is 5.21. The van der Waals surface area contributed by atoms with Crippen LogP contribution in [0.1, 0.15) is 46.6 Å². The number of rotatable bonds is 4. The molecule has 212 valence electrons. The van der Waals surface area contributed by atoms with Gasteiger partial charge in [-0.15, -0.1) is 4.52 Å². The second-order valence-corrected chi connectivity index (χ2v) is 20.8. The lowest BCUT2D eigenvalue weighted by molar-refractivity contribution is 0.00518. The molecule has 0 radical (unpaired) electrons. The predicted molar refractivity (Wildman–Crippen MR) is 154 cm³/mol. The van der Waals surface area contributed by atoms with Gasteiger partial charge in [0.15, 0.2) is 0 Å². The number of benzene rings is 1. The summed E-state index contributed by atoms with van der Waals surface area (Å²) in [6, 6.07) is 7.81. The molecule has 1 aromatic rings. The molecule has 0 aromatic heterocycles. The van der Waals surface area contributed by atoms with Gasteiger partial charge in [-0.2, -0.15) is 9.03 Å². The summed E-state index contributed by atoms with van der Waals surface area (Å²) in [6.45, 7) is 10.3. The molecule has 0 spiro atoms. The fourth-order valence-electron chi connectivity index (χ4n) is 4.13. The van der Waals surface area contributed by atoms with Crippen LogP contribution in [0.3, 0.4) is 0 Å². The monoisotopic (exact) mass is 637 g/mol. The highest BCUT2D eigenvalue weighted by molar-refractivity contribution is 8.14. The van der Waals surface area contributed by atoms with Crippen LogP contribution in [0.2, 0.25) is 0 Å². The van der Waals surface area contributed by atoms with E-state index < -0.39 is 20.4 Å². The summed E-state index contributed by atoms with van der Waals surface area (Å²) < 4.78 is 48.1. The maximum atomic E-state index is 6.73. The maximum absolute atomic E-state index is 6.73. The van der Waals surface area contributed by atoms with E-state index in [0.717, 1.165) is 6.42 Å². The van der Waals surface area contributed by atoms with Crippen LogP contribution in [-0.4, -0.2) is 52.9 Å². The molecule has 37 heavy (non-hydrogen) atoms. The van der Waals surface area contributed by atoms with Gasteiger partial charge in [0, 0.05) is 0 Å². The molecule has 2 bridgehead atoms. The lowest BCUT2D eigenvalue weighted by atomic mass is 9.72. The van der Waals surface area contributed by atoms with Gasteiger partial charge in [0.05, 0.1) is 52.9 Å². The zero-order valence-corrected chi connectivity index (χ0v) is 26.9. The van der Waals surface area contributed by atoms with Gasteiger partial charge in [0.1, 0.15) is 5.75 Å². The second kappa shape index (κ2) is 13.4. The number of halogens is 3. The quantitative estimate of drug-likeness (QED) is 0.305. The topological polar surface area (TPSA) is 92.5 Å². The van der Waals surface area contributed by atoms with Crippen molar-refractivity contribution in [1.82, 2.24) is 0 Å². The molecule has 2 aliphatic heterocycles. The minimum Gasteiger partial charge on any atom is -0.422 e. The molecule has 9 nitrogen and oxygen atoms in total. The normalized spacial score (nSPS) is 28.3. The molecule has 2 aliphatic rings. The summed E-state index contributed by atoms with van der Waals surface area (Å²) in [7, 11) is -3.45. The first kappa shape index (κ1) is 31.9. The highest BCUT2D eigenvalue weighted by Gasteiger charge is 2.39. The van der Waals surface area contributed by atoms with Crippen LogP contribution >= 0.6 is 54.1 Å². The van der Waals surface area contributed by atoms with Gasteiger partial charge in [-0.1, -0.05) is 46.8 Å². The van der Waals surface area contributed by atoms with E-state index >= 15 is 0 Å². The van der Waals surface area contributed by atoms with E-state index in [2.05, 4.69) is 48.2 Å². The largest absolute Gasteiger partial charge is 0.422 e. The summed E-state index contributed by atoms with van der Waals surface area (Å²) in [5.74, 6) is -2.79. The van der Waals surface area contributed by atoms with Crippen molar-refractivity contribution in [1.29, 1.82) is 0 Å². The minimum atomic E-state index is -3.45. The SMILES string of the molecule is CC(C)(C)CC(C)(C)c1ccc(OP23=NP(Cl)(=NP(Cl)(Cl)=N2)OCCOCCOCCOCCO3)cc1. The van der Waals surface area contributed by atoms with Crippen molar-refractivity contribution in [3.8, 4) is 5.75 Å². The maximum Gasteiger partial charge on any atom is 0.400 e. The van der Waals surface area contributed by atoms with E-state index in [-0.39, 0.29) is 37.3 Å². The molecule has 2 heterocycles. The zero-order valence-electron chi connectivity index (χ0n) is 21.9. The van der Waals surface area contributed by atoms with Crippen molar-refractivity contribution in [2.45, 2.75) is 46.5 Å². The molecular weight excluding hydrogens is 602 g/mol. The van der Waals surface area contributed by atoms with Crippen molar-refractivity contribution < 1.29 is 27.8 Å². The van der Waals surface area contributed by atoms with Crippen molar-refractivity contribution in [2.24, 2.45) is 19.0 Å². The van der Waals surface area contributed by atoms with Crippen LogP contribution in [0.25, 0.3) is 0 Å². The Kier molecular flexibility index (Phi) is 11.5. The lowest BCUT2D eigenvalue weighted by Gasteiger charge is -2.33. The Morgan fingerprint density at radius 1 is 0.730 bits per heavy atom. The zero-order chi connectivity index (χ0) is 27.2. The van der Waals surface area contributed by atoms with Crippen LogP contribution in [0.4, 0.5) is 0 Å². The smallest absolute Gasteiger partial charge is 0.400 e. The van der Waals surface area contributed by atoms with Gasteiger partial charge in [0.25, 0.3) is 5.91 Å². The fraction of sp³-hybridized carbons (Fsp3) is 0.727. The Balaban J connectivity index is 1.91. The third kappa shape index (κ3) is 10.7. The first-order valence-corrected chi connectivity index (χ1v) is 19.6. The molecule has 15 heteroatoms. The van der Waals surface area contributed by atoms with Gasteiger partial charge in [0.2, 0.25) is 0 Å². The Bertz CT molecular complexity index is 1070. The first-order valence-electron chi connectivity index (χ1n) is 12.0. The Morgan fingerprint density at radius 3 is 1.78 bits per heavy atom. The van der Waals surface area contributed by atoms with Crippen LogP contribution in [0.5, 0.6) is 5.75 Å². The van der Waals surface area contributed by atoms with E-state index in [4.69, 9.17) is 61.5 Å². The van der Waals surface area contributed by atoms with Crippen LogP contribution in [0.15, 0.2) is 37.8 Å². The summed E-state index contributed by atoms with van der Waals surface area (Å²) >= 11 is 19.7. The summed E-state index contributed by atoms with van der Waals surface area (Å²) in [6.07, 6.45) is 1.02.